The first-order chi connectivity index (χ1) is 16.8. The van der Waals surface area contributed by atoms with Crippen LogP contribution in [0.4, 0.5) is 9.18 Å². The van der Waals surface area contributed by atoms with E-state index < -0.39 is 5.60 Å². The van der Waals surface area contributed by atoms with E-state index in [-0.39, 0.29) is 11.9 Å². The third kappa shape index (κ3) is 6.62. The largest absolute Gasteiger partial charge is 0.443 e. The summed E-state index contributed by atoms with van der Waals surface area (Å²) in [4.78, 5) is 21.1. The van der Waals surface area contributed by atoms with Gasteiger partial charge in [0, 0.05) is 51.2 Å². The van der Waals surface area contributed by atoms with Crippen LogP contribution in [0.25, 0.3) is 11.1 Å². The highest BCUT2D eigenvalue weighted by atomic mass is 19.1. The summed E-state index contributed by atoms with van der Waals surface area (Å²) in [5.41, 5.74) is 3.45. The Morgan fingerprint density at radius 2 is 1.69 bits per heavy atom. The van der Waals surface area contributed by atoms with Crippen LogP contribution in [0.1, 0.15) is 51.7 Å². The molecule has 1 fully saturated rings. The lowest BCUT2D eigenvalue weighted by atomic mass is 9.92. The molecule has 1 aromatic carbocycles. The predicted molar refractivity (Wildman–Crippen MR) is 139 cm³/mol. The molecule has 1 saturated heterocycles. The summed E-state index contributed by atoms with van der Waals surface area (Å²) >= 11 is 0. The van der Waals surface area contributed by atoms with Crippen molar-refractivity contribution >= 4 is 17.2 Å². The van der Waals surface area contributed by atoms with Gasteiger partial charge in [-0.3, -0.25) is 4.98 Å². The summed E-state index contributed by atoms with van der Waals surface area (Å²) in [5.74, 6) is 0.691. The zero-order valence-corrected chi connectivity index (χ0v) is 21.5. The Morgan fingerprint density at radius 1 is 1.06 bits per heavy atom. The van der Waals surface area contributed by atoms with E-state index in [1.165, 1.54) is 12.1 Å². The van der Waals surface area contributed by atoms with Crippen LogP contribution < -0.4 is 5.32 Å². The van der Waals surface area contributed by atoms with Crippen molar-refractivity contribution in [1.29, 1.82) is 0 Å². The summed E-state index contributed by atoms with van der Waals surface area (Å²) in [5, 5.41) is 3.42. The van der Waals surface area contributed by atoms with Gasteiger partial charge in [0.2, 0.25) is 0 Å². The molecule has 0 atom stereocenters. The second-order valence-corrected chi connectivity index (χ2v) is 9.23. The van der Waals surface area contributed by atoms with Crippen molar-refractivity contribution in [2.75, 3.05) is 33.2 Å². The fourth-order valence-electron chi connectivity index (χ4n) is 4.16. The molecule has 188 valence electrons. The first-order valence-electron chi connectivity index (χ1n) is 12.3. The Kier molecular flexibility index (Phi) is 8.90. The summed E-state index contributed by atoms with van der Waals surface area (Å²) in [6, 6.07) is 10.5. The Hall–Kier alpha value is -3.35. The van der Waals surface area contributed by atoms with Crippen molar-refractivity contribution < 1.29 is 13.9 Å². The van der Waals surface area contributed by atoms with Crippen molar-refractivity contribution in [1.82, 2.24) is 20.1 Å². The predicted octanol–water partition coefficient (Wildman–Crippen LogP) is 5.55. The zero-order chi connectivity index (χ0) is 25.4. The van der Waals surface area contributed by atoms with Gasteiger partial charge in [-0.15, -0.1) is 0 Å². The molecule has 6 nitrogen and oxygen atoms in total. The highest BCUT2D eigenvalue weighted by molar-refractivity contribution is 6.05. The van der Waals surface area contributed by atoms with E-state index in [0.717, 1.165) is 47.5 Å². The third-order valence-corrected chi connectivity index (χ3v) is 6.44. The van der Waals surface area contributed by atoms with Crippen molar-refractivity contribution in [3.63, 3.8) is 0 Å². The average molecular weight is 481 g/mol. The molecule has 0 radical (unpaired) electrons. The molecule has 1 aliphatic heterocycles. The lowest BCUT2D eigenvalue weighted by molar-refractivity contribution is 0.0122. The number of allylic oxidation sites excluding steroid dienone is 3. The fourth-order valence-corrected chi connectivity index (χ4v) is 4.16. The molecule has 2 heterocycles. The monoisotopic (exact) mass is 480 g/mol. The number of hydrogen-bond donors (Lipinski definition) is 1. The van der Waals surface area contributed by atoms with Gasteiger partial charge in [0.15, 0.2) is 0 Å². The maximum atomic E-state index is 13.7. The van der Waals surface area contributed by atoms with Crippen molar-refractivity contribution in [2.45, 2.75) is 46.1 Å². The first kappa shape index (κ1) is 26.3. The summed E-state index contributed by atoms with van der Waals surface area (Å²) in [6.45, 7) is 10.5. The van der Waals surface area contributed by atoms with Crippen LogP contribution in [-0.2, 0) is 4.74 Å². The topological polar surface area (TPSA) is 57.7 Å². The second kappa shape index (κ2) is 11.9. The highest BCUT2D eigenvalue weighted by Crippen LogP contribution is 2.34. The number of halogens is 1. The van der Waals surface area contributed by atoms with Crippen LogP contribution in [0.5, 0.6) is 0 Å². The minimum absolute atomic E-state index is 0.261. The second-order valence-electron chi connectivity index (χ2n) is 9.23. The number of nitrogens with zero attached hydrogens (tertiary/aromatic N) is 3. The molecule has 35 heavy (non-hydrogen) atoms. The lowest BCUT2D eigenvalue weighted by Gasteiger charge is -2.30. The number of pyridine rings is 1. The van der Waals surface area contributed by atoms with E-state index in [0.29, 0.717) is 19.6 Å². The van der Waals surface area contributed by atoms with Crippen LogP contribution in [0.2, 0.25) is 0 Å². The fraction of sp³-hybridized carbons (Fsp3) is 0.429. The van der Waals surface area contributed by atoms with Crippen LogP contribution in [0.3, 0.4) is 0 Å². The molecule has 0 saturated carbocycles. The number of amides is 1. The molecular formula is C28H37FN4O2. The summed E-state index contributed by atoms with van der Waals surface area (Å²) in [7, 11) is 1.91. The van der Waals surface area contributed by atoms with E-state index in [2.05, 4.69) is 21.3 Å². The Balaban J connectivity index is 1.97. The van der Waals surface area contributed by atoms with Crippen LogP contribution in [-0.4, -0.2) is 59.7 Å². The van der Waals surface area contributed by atoms with Gasteiger partial charge in [-0.25, -0.2) is 9.18 Å². The lowest BCUT2D eigenvalue weighted by Crippen LogP contribution is -2.40. The molecule has 0 bridgehead atoms. The minimum atomic E-state index is -0.483. The van der Waals surface area contributed by atoms with E-state index in [1.807, 2.05) is 46.9 Å². The molecule has 1 aliphatic rings. The molecule has 0 spiro atoms. The maximum absolute atomic E-state index is 13.7. The molecule has 7 heteroatoms. The Labute approximate surface area is 208 Å². The van der Waals surface area contributed by atoms with Crippen molar-refractivity contribution in [3.8, 4) is 0 Å². The van der Waals surface area contributed by atoms with Gasteiger partial charge in [0.05, 0.1) is 0 Å². The zero-order valence-electron chi connectivity index (χ0n) is 21.5. The number of ether oxygens (including phenoxy) is 1. The van der Waals surface area contributed by atoms with Gasteiger partial charge in [0.1, 0.15) is 17.2 Å². The minimum Gasteiger partial charge on any atom is -0.443 e. The molecule has 0 unspecified atom stereocenters. The van der Waals surface area contributed by atoms with E-state index >= 15 is 0 Å². The summed E-state index contributed by atoms with van der Waals surface area (Å²) < 4.78 is 19.4. The maximum Gasteiger partial charge on any atom is 0.410 e. The quantitative estimate of drug-likeness (QED) is 0.527. The number of benzene rings is 1. The number of hydrogen-bond acceptors (Lipinski definition) is 5. The highest BCUT2D eigenvalue weighted by Gasteiger charge is 2.28. The van der Waals surface area contributed by atoms with Crippen molar-refractivity contribution in [2.24, 2.45) is 0 Å². The normalized spacial score (nSPS) is 15.9. The van der Waals surface area contributed by atoms with Gasteiger partial charge in [-0.1, -0.05) is 25.1 Å². The molecule has 3 rings (SSSR count). The number of carbonyl (C=O) groups is 1. The van der Waals surface area contributed by atoms with Gasteiger partial charge in [0.25, 0.3) is 0 Å². The molecule has 0 aliphatic carbocycles. The Bertz CT molecular complexity index is 1050. The van der Waals surface area contributed by atoms with Gasteiger partial charge < -0.3 is 19.9 Å². The molecule has 1 N–H and O–H groups in total. The molecule has 2 aromatic rings. The van der Waals surface area contributed by atoms with Gasteiger partial charge in [-0.05, 0) is 74.6 Å². The van der Waals surface area contributed by atoms with E-state index in [1.54, 1.807) is 29.4 Å². The Morgan fingerprint density at radius 3 is 2.29 bits per heavy atom. The smallest absolute Gasteiger partial charge is 0.410 e. The van der Waals surface area contributed by atoms with Crippen LogP contribution >= 0.6 is 0 Å². The number of nitrogens with one attached hydrogen (secondary N) is 1. The average Bonchev–Trinajstić information content (AvgIpc) is 3.12. The van der Waals surface area contributed by atoms with Crippen molar-refractivity contribution in [3.05, 3.63) is 77.6 Å². The van der Waals surface area contributed by atoms with E-state index in [4.69, 9.17) is 4.74 Å². The molecule has 1 aromatic heterocycles. The van der Waals surface area contributed by atoms with Gasteiger partial charge >= 0.3 is 6.09 Å². The summed E-state index contributed by atoms with van der Waals surface area (Å²) in [6.07, 6.45) is 6.92. The van der Waals surface area contributed by atoms with Gasteiger partial charge in [-0.2, -0.15) is 0 Å². The van der Waals surface area contributed by atoms with Crippen LogP contribution in [0.15, 0.2) is 60.7 Å². The van der Waals surface area contributed by atoms with E-state index in [9.17, 15) is 9.18 Å². The molecule has 1 amide bonds. The molecular weight excluding hydrogens is 443 g/mol. The van der Waals surface area contributed by atoms with Crippen LogP contribution in [0, 0.1) is 5.82 Å². The first-order valence-corrected chi connectivity index (χ1v) is 12.3. The number of rotatable bonds is 7. The number of aromatic nitrogens is 1. The standard InChI is InChI=1S/C28H37FN4O2/c1-6-24(21-9-11-23(29)12-10-21)25(22-13-15-31-16-14-22)26(30-5)32-17-8-18-33(20-19-32)27(34)35-28(3,4)7-2/h6,9-16,30H,7-8,17-20H2,1-5H3/b24-6+,26-25+. The SMILES string of the molecule is C/C=C(/C(=C(\NC)N1CCCN(C(=O)OC(C)(C)CC)CC1)c1ccncc1)c1ccc(F)cc1. The third-order valence-electron chi connectivity index (χ3n) is 6.44. The number of carbonyl (C=O) groups excluding carboxylic acids is 1.